The molecule has 0 saturated carbocycles. The Labute approximate surface area is 251 Å². The van der Waals surface area contributed by atoms with Crippen molar-refractivity contribution in [3.05, 3.63) is 0 Å². The van der Waals surface area contributed by atoms with E-state index in [-0.39, 0.29) is 49.7 Å². The van der Waals surface area contributed by atoms with Gasteiger partial charge in [-0.3, -0.25) is 29.2 Å². The first-order valence-corrected chi connectivity index (χ1v) is 14.5. The van der Waals surface area contributed by atoms with E-state index in [1.165, 1.54) is 6.92 Å². The highest BCUT2D eigenvalue weighted by Crippen LogP contribution is 2.10. The second kappa shape index (κ2) is 19.1. The minimum absolute atomic E-state index is 0.0961. The first kappa shape index (κ1) is 36.9. The molecule has 6 atom stereocenters. The molecule has 17 heteroatoms. The summed E-state index contributed by atoms with van der Waals surface area (Å²) in [7, 11) is 0. The molecule has 0 radical (unpaired) electrons. The third-order valence-corrected chi connectivity index (χ3v) is 7.06. The lowest BCUT2D eigenvalue weighted by molar-refractivity contribution is -0.143. The van der Waals surface area contributed by atoms with Gasteiger partial charge in [0.15, 0.2) is 11.9 Å². The van der Waals surface area contributed by atoms with Gasteiger partial charge in [0.1, 0.15) is 24.2 Å². The van der Waals surface area contributed by atoms with Crippen LogP contribution in [-0.4, -0.2) is 96.5 Å². The number of nitrogens with two attached hydrogens (primary N) is 4. The molecular formula is C26H49N11O6. The Morgan fingerprint density at radius 3 is 1.84 bits per heavy atom. The van der Waals surface area contributed by atoms with Gasteiger partial charge in [-0.25, -0.2) is 4.79 Å². The van der Waals surface area contributed by atoms with Gasteiger partial charge in [0.25, 0.3) is 0 Å². The SMILES string of the molecule is CC[C@H](C)[C@H](NC(=O)[C@H](CCCN=C(N)N)NC(=O)[C@H](C)NC(=O)[C@H](CCCN=C(N)N)NC(=O)[C@@H]1CCCN1)C(=O)O. The fraction of sp³-hybridized carbons (Fsp3) is 0.731. The maximum atomic E-state index is 13.2. The minimum atomic E-state index is -1.20. The van der Waals surface area contributed by atoms with Crippen molar-refractivity contribution in [1.82, 2.24) is 26.6 Å². The topological polar surface area (TPSA) is 295 Å². The van der Waals surface area contributed by atoms with Crippen molar-refractivity contribution in [3.63, 3.8) is 0 Å². The van der Waals surface area contributed by atoms with Crippen LogP contribution in [0.2, 0.25) is 0 Å². The molecule has 14 N–H and O–H groups in total. The molecule has 1 fully saturated rings. The summed E-state index contributed by atoms with van der Waals surface area (Å²) in [4.78, 5) is 71.6. The third-order valence-electron chi connectivity index (χ3n) is 7.06. The van der Waals surface area contributed by atoms with Crippen LogP contribution in [0.4, 0.5) is 0 Å². The zero-order chi connectivity index (χ0) is 32.5. The number of carboxylic acid groups (broad SMARTS) is 1. The van der Waals surface area contributed by atoms with Gasteiger partial charge >= 0.3 is 5.97 Å². The van der Waals surface area contributed by atoms with E-state index < -0.39 is 53.9 Å². The predicted molar refractivity (Wildman–Crippen MR) is 161 cm³/mol. The summed E-state index contributed by atoms with van der Waals surface area (Å²) >= 11 is 0. The molecular weight excluding hydrogens is 562 g/mol. The first-order chi connectivity index (χ1) is 20.3. The number of hydrogen-bond acceptors (Lipinski definition) is 8. The highest BCUT2D eigenvalue weighted by molar-refractivity contribution is 5.95. The van der Waals surface area contributed by atoms with Gasteiger partial charge in [-0.1, -0.05) is 20.3 Å². The second-order valence-electron chi connectivity index (χ2n) is 10.6. The Hall–Kier alpha value is -4.15. The third kappa shape index (κ3) is 14.0. The second-order valence-corrected chi connectivity index (χ2v) is 10.6. The molecule has 0 aromatic carbocycles. The number of aliphatic imine (C=N–C) groups is 2. The molecule has 244 valence electrons. The molecule has 17 nitrogen and oxygen atoms in total. The van der Waals surface area contributed by atoms with E-state index in [0.29, 0.717) is 32.2 Å². The Morgan fingerprint density at radius 1 is 0.837 bits per heavy atom. The maximum absolute atomic E-state index is 13.2. The van der Waals surface area contributed by atoms with Crippen LogP contribution in [0.5, 0.6) is 0 Å². The molecule has 1 rings (SSSR count). The maximum Gasteiger partial charge on any atom is 0.326 e. The zero-order valence-electron chi connectivity index (χ0n) is 25.2. The molecule has 0 unspecified atom stereocenters. The van der Waals surface area contributed by atoms with E-state index in [9.17, 15) is 29.1 Å². The number of rotatable bonds is 19. The Morgan fingerprint density at radius 2 is 1.37 bits per heavy atom. The largest absolute Gasteiger partial charge is 0.480 e. The van der Waals surface area contributed by atoms with Gasteiger partial charge in [-0.05, 0) is 57.9 Å². The summed E-state index contributed by atoms with van der Waals surface area (Å²) in [6, 6.07) is -4.78. The van der Waals surface area contributed by atoms with E-state index in [1.54, 1.807) is 13.8 Å². The molecule has 4 amide bonds. The lowest BCUT2D eigenvalue weighted by Gasteiger charge is -2.26. The van der Waals surface area contributed by atoms with Crippen LogP contribution in [0.3, 0.4) is 0 Å². The van der Waals surface area contributed by atoms with E-state index in [2.05, 4.69) is 36.6 Å². The van der Waals surface area contributed by atoms with Gasteiger partial charge in [0, 0.05) is 13.1 Å². The molecule has 1 saturated heterocycles. The number of nitrogens with one attached hydrogen (secondary N) is 5. The van der Waals surface area contributed by atoms with Crippen molar-refractivity contribution in [2.24, 2.45) is 38.8 Å². The number of amides is 4. The monoisotopic (exact) mass is 611 g/mol. The zero-order valence-corrected chi connectivity index (χ0v) is 25.2. The minimum Gasteiger partial charge on any atom is -0.480 e. The number of nitrogens with zero attached hydrogens (tertiary/aromatic N) is 2. The van der Waals surface area contributed by atoms with Crippen LogP contribution in [0, 0.1) is 5.92 Å². The molecule has 43 heavy (non-hydrogen) atoms. The van der Waals surface area contributed by atoms with Crippen molar-refractivity contribution in [2.45, 2.75) is 95.9 Å². The van der Waals surface area contributed by atoms with Crippen LogP contribution in [0.25, 0.3) is 0 Å². The number of guanidine groups is 2. The summed E-state index contributed by atoms with van der Waals surface area (Å²) in [5.74, 6) is -4.11. The number of carbonyl (C=O) groups excluding carboxylic acids is 4. The average molecular weight is 612 g/mol. The standard InChI is InChI=1S/C26H49N11O6/c1-4-14(2)19(24(42)43)37-23(41)18(10-7-13-33-26(29)30)35-20(38)15(3)34-22(40)17(9-6-12-32-25(27)28)36-21(39)16-8-5-11-31-16/h14-19,31H,4-13H2,1-3H3,(H,34,40)(H,35,38)(H,36,39)(H,37,41)(H,42,43)(H4,27,28,32)(H4,29,30,33)/t14-,15-,16-,17-,18-,19-/m0/s1. The van der Waals surface area contributed by atoms with Crippen molar-refractivity contribution in [1.29, 1.82) is 0 Å². The van der Waals surface area contributed by atoms with E-state index in [0.717, 1.165) is 6.42 Å². The van der Waals surface area contributed by atoms with Crippen LogP contribution in [0.15, 0.2) is 9.98 Å². The predicted octanol–water partition coefficient (Wildman–Crippen LogP) is -3.06. The average Bonchev–Trinajstić information content (AvgIpc) is 3.49. The number of carbonyl (C=O) groups is 5. The Kier molecular flexibility index (Phi) is 16.4. The summed E-state index contributed by atoms with van der Waals surface area (Å²) in [6.45, 7) is 6.04. The normalized spacial score (nSPS) is 17.7. The van der Waals surface area contributed by atoms with Crippen molar-refractivity contribution in [3.8, 4) is 0 Å². The van der Waals surface area contributed by atoms with Crippen molar-refractivity contribution in [2.75, 3.05) is 19.6 Å². The van der Waals surface area contributed by atoms with Crippen molar-refractivity contribution < 1.29 is 29.1 Å². The quantitative estimate of drug-likeness (QED) is 0.0397. The summed E-state index contributed by atoms with van der Waals surface area (Å²) in [5, 5.41) is 23.1. The van der Waals surface area contributed by atoms with Crippen LogP contribution >= 0.6 is 0 Å². The molecule has 1 aliphatic heterocycles. The van der Waals surface area contributed by atoms with Gasteiger partial charge in [0.05, 0.1) is 6.04 Å². The Bertz CT molecular complexity index is 1010. The highest BCUT2D eigenvalue weighted by atomic mass is 16.4. The number of carboxylic acids is 1. The lowest BCUT2D eigenvalue weighted by atomic mass is 9.98. The number of hydrogen-bond donors (Lipinski definition) is 10. The summed E-state index contributed by atoms with van der Waals surface area (Å²) < 4.78 is 0. The van der Waals surface area contributed by atoms with Gasteiger partial charge < -0.3 is 54.6 Å². The van der Waals surface area contributed by atoms with Gasteiger partial charge in [-0.2, -0.15) is 0 Å². The van der Waals surface area contributed by atoms with Crippen LogP contribution < -0.4 is 49.5 Å². The Balaban J connectivity index is 2.96. The fourth-order valence-electron chi connectivity index (χ4n) is 4.34. The lowest BCUT2D eigenvalue weighted by Crippen LogP contribution is -2.58. The molecule has 0 bridgehead atoms. The van der Waals surface area contributed by atoms with Crippen molar-refractivity contribution >= 4 is 41.5 Å². The molecule has 1 aliphatic rings. The van der Waals surface area contributed by atoms with Crippen LogP contribution in [-0.2, 0) is 24.0 Å². The molecule has 0 aromatic heterocycles. The molecule has 0 spiro atoms. The van der Waals surface area contributed by atoms with E-state index in [1.807, 2.05) is 0 Å². The molecule has 1 heterocycles. The first-order valence-electron chi connectivity index (χ1n) is 14.5. The van der Waals surface area contributed by atoms with Gasteiger partial charge in [0.2, 0.25) is 23.6 Å². The molecule has 0 aliphatic carbocycles. The smallest absolute Gasteiger partial charge is 0.326 e. The highest BCUT2D eigenvalue weighted by Gasteiger charge is 2.32. The van der Waals surface area contributed by atoms with Crippen LogP contribution in [0.1, 0.15) is 65.7 Å². The fourth-order valence-corrected chi connectivity index (χ4v) is 4.34. The number of aliphatic carboxylic acids is 1. The molecule has 0 aromatic rings. The van der Waals surface area contributed by atoms with Gasteiger partial charge in [-0.15, -0.1) is 0 Å². The van der Waals surface area contributed by atoms with E-state index >= 15 is 0 Å². The van der Waals surface area contributed by atoms with E-state index in [4.69, 9.17) is 22.9 Å². The summed E-state index contributed by atoms with van der Waals surface area (Å²) in [5.41, 5.74) is 21.4. The summed E-state index contributed by atoms with van der Waals surface area (Å²) in [6.07, 6.45) is 2.96.